The number of rotatable bonds is 9. The standard InChI is InChI=1S/C17H20O5/c1-2-16(19)22-15(10-12-18)11-13-21-17(20)9-8-14-6-4-3-5-7-14/h2-9,15,18H,1,10-13H2. The number of ether oxygens (including phenoxy) is 2. The maximum atomic E-state index is 11.6. The average molecular weight is 304 g/mol. The summed E-state index contributed by atoms with van der Waals surface area (Å²) in [6.45, 7) is 3.29. The van der Waals surface area contributed by atoms with E-state index in [1.807, 2.05) is 30.3 Å². The lowest BCUT2D eigenvalue weighted by Gasteiger charge is -2.15. The first kappa shape index (κ1) is 17.7. The van der Waals surface area contributed by atoms with Gasteiger partial charge in [0, 0.05) is 31.6 Å². The summed E-state index contributed by atoms with van der Waals surface area (Å²) in [5, 5.41) is 8.91. The van der Waals surface area contributed by atoms with Crippen molar-refractivity contribution >= 4 is 18.0 Å². The molecular formula is C17H20O5. The van der Waals surface area contributed by atoms with Crippen molar-refractivity contribution in [3.05, 3.63) is 54.6 Å². The SMILES string of the molecule is C=CC(=O)OC(CCO)CCOC(=O)C=Cc1ccccc1. The maximum Gasteiger partial charge on any atom is 0.330 e. The summed E-state index contributed by atoms with van der Waals surface area (Å²) in [5.41, 5.74) is 0.900. The van der Waals surface area contributed by atoms with Crippen molar-refractivity contribution in [1.82, 2.24) is 0 Å². The van der Waals surface area contributed by atoms with E-state index in [1.54, 1.807) is 6.08 Å². The quantitative estimate of drug-likeness (QED) is 0.559. The van der Waals surface area contributed by atoms with Crippen LogP contribution in [0.15, 0.2) is 49.1 Å². The fourth-order valence-electron chi connectivity index (χ4n) is 1.69. The van der Waals surface area contributed by atoms with E-state index in [4.69, 9.17) is 14.6 Å². The Hall–Kier alpha value is -2.40. The summed E-state index contributed by atoms with van der Waals surface area (Å²) >= 11 is 0. The van der Waals surface area contributed by atoms with E-state index in [0.717, 1.165) is 11.6 Å². The predicted octanol–water partition coefficient (Wildman–Crippen LogP) is 2.11. The van der Waals surface area contributed by atoms with E-state index in [1.165, 1.54) is 6.08 Å². The van der Waals surface area contributed by atoms with Gasteiger partial charge in [-0.05, 0) is 11.6 Å². The highest BCUT2D eigenvalue weighted by Gasteiger charge is 2.12. The van der Waals surface area contributed by atoms with Gasteiger partial charge < -0.3 is 14.6 Å². The third kappa shape index (κ3) is 7.40. The van der Waals surface area contributed by atoms with Crippen LogP contribution in [0.3, 0.4) is 0 Å². The number of aliphatic hydroxyl groups is 1. The highest BCUT2D eigenvalue weighted by atomic mass is 16.6. The average Bonchev–Trinajstić information content (AvgIpc) is 2.54. The Kier molecular flexibility index (Phi) is 8.30. The molecule has 1 aromatic carbocycles. The van der Waals surface area contributed by atoms with Crippen LogP contribution in [0.2, 0.25) is 0 Å². The van der Waals surface area contributed by atoms with Gasteiger partial charge in [-0.3, -0.25) is 0 Å². The predicted molar refractivity (Wildman–Crippen MR) is 82.8 cm³/mol. The number of carbonyl (C=O) groups is 2. The fourth-order valence-corrected chi connectivity index (χ4v) is 1.69. The molecule has 5 nitrogen and oxygen atoms in total. The van der Waals surface area contributed by atoms with Crippen LogP contribution in [0.5, 0.6) is 0 Å². The molecule has 1 N–H and O–H groups in total. The van der Waals surface area contributed by atoms with Gasteiger partial charge in [-0.2, -0.15) is 0 Å². The molecule has 22 heavy (non-hydrogen) atoms. The largest absolute Gasteiger partial charge is 0.462 e. The second-order valence-electron chi connectivity index (χ2n) is 4.48. The second kappa shape index (κ2) is 10.3. The minimum absolute atomic E-state index is 0.104. The van der Waals surface area contributed by atoms with Crippen LogP contribution in [0.25, 0.3) is 6.08 Å². The molecule has 0 fully saturated rings. The number of benzene rings is 1. The van der Waals surface area contributed by atoms with Crippen LogP contribution in [-0.4, -0.2) is 36.4 Å². The molecule has 0 radical (unpaired) electrons. The molecule has 1 atom stereocenters. The van der Waals surface area contributed by atoms with Gasteiger partial charge >= 0.3 is 11.9 Å². The third-order valence-corrected chi connectivity index (χ3v) is 2.80. The van der Waals surface area contributed by atoms with Crippen molar-refractivity contribution < 1.29 is 24.2 Å². The molecule has 0 aliphatic rings. The highest BCUT2D eigenvalue weighted by molar-refractivity contribution is 5.87. The van der Waals surface area contributed by atoms with Crippen LogP contribution in [0.1, 0.15) is 18.4 Å². The number of esters is 2. The Morgan fingerprint density at radius 2 is 1.91 bits per heavy atom. The summed E-state index contributed by atoms with van der Waals surface area (Å²) in [6.07, 6.45) is 4.17. The smallest absolute Gasteiger partial charge is 0.330 e. The molecule has 1 rings (SSSR count). The van der Waals surface area contributed by atoms with Crippen LogP contribution in [0, 0.1) is 0 Å². The van der Waals surface area contributed by atoms with E-state index in [-0.39, 0.29) is 19.6 Å². The number of aliphatic hydroxyl groups excluding tert-OH is 1. The molecule has 0 aliphatic heterocycles. The van der Waals surface area contributed by atoms with Gasteiger partial charge in [-0.1, -0.05) is 36.9 Å². The van der Waals surface area contributed by atoms with E-state index in [2.05, 4.69) is 6.58 Å². The van der Waals surface area contributed by atoms with E-state index >= 15 is 0 Å². The van der Waals surface area contributed by atoms with E-state index in [0.29, 0.717) is 6.42 Å². The summed E-state index contributed by atoms with van der Waals surface area (Å²) in [7, 11) is 0. The Morgan fingerprint density at radius 1 is 1.18 bits per heavy atom. The van der Waals surface area contributed by atoms with Gasteiger partial charge in [-0.15, -0.1) is 0 Å². The molecule has 118 valence electrons. The van der Waals surface area contributed by atoms with Gasteiger partial charge in [0.05, 0.1) is 6.61 Å². The summed E-state index contributed by atoms with van der Waals surface area (Å²) in [4.78, 5) is 22.7. The highest BCUT2D eigenvalue weighted by Crippen LogP contribution is 2.06. The molecule has 0 heterocycles. The molecule has 1 aromatic rings. The molecule has 0 spiro atoms. The van der Waals surface area contributed by atoms with Gasteiger partial charge in [-0.25, -0.2) is 9.59 Å². The van der Waals surface area contributed by atoms with Gasteiger partial charge in [0.25, 0.3) is 0 Å². The second-order valence-corrected chi connectivity index (χ2v) is 4.48. The molecule has 5 heteroatoms. The van der Waals surface area contributed by atoms with Crippen molar-refractivity contribution in [2.45, 2.75) is 18.9 Å². The topological polar surface area (TPSA) is 72.8 Å². The summed E-state index contributed by atoms with van der Waals surface area (Å²) in [5.74, 6) is -1.03. The molecule has 1 unspecified atom stereocenters. The number of hydrogen-bond donors (Lipinski definition) is 1. The normalized spacial score (nSPS) is 11.9. The van der Waals surface area contributed by atoms with Gasteiger partial charge in [0.1, 0.15) is 6.10 Å². The Morgan fingerprint density at radius 3 is 2.55 bits per heavy atom. The number of carbonyl (C=O) groups excluding carboxylic acids is 2. The lowest BCUT2D eigenvalue weighted by Crippen LogP contribution is -2.21. The third-order valence-electron chi connectivity index (χ3n) is 2.80. The lowest BCUT2D eigenvalue weighted by atomic mass is 10.2. The first-order chi connectivity index (χ1) is 10.7. The number of hydrogen-bond acceptors (Lipinski definition) is 5. The Labute approximate surface area is 129 Å². The molecule has 0 bridgehead atoms. The zero-order valence-electron chi connectivity index (χ0n) is 12.3. The van der Waals surface area contributed by atoms with Crippen LogP contribution < -0.4 is 0 Å². The van der Waals surface area contributed by atoms with Crippen molar-refractivity contribution in [1.29, 1.82) is 0 Å². The molecule has 0 amide bonds. The van der Waals surface area contributed by atoms with Crippen LogP contribution in [0.4, 0.5) is 0 Å². The first-order valence-electron chi connectivity index (χ1n) is 6.99. The van der Waals surface area contributed by atoms with Crippen molar-refractivity contribution in [2.75, 3.05) is 13.2 Å². The molecular weight excluding hydrogens is 284 g/mol. The van der Waals surface area contributed by atoms with Crippen molar-refractivity contribution in [3.63, 3.8) is 0 Å². The lowest BCUT2D eigenvalue weighted by molar-refractivity contribution is -0.145. The van der Waals surface area contributed by atoms with E-state index < -0.39 is 18.0 Å². The first-order valence-corrected chi connectivity index (χ1v) is 6.99. The van der Waals surface area contributed by atoms with Crippen LogP contribution >= 0.6 is 0 Å². The van der Waals surface area contributed by atoms with Crippen LogP contribution in [-0.2, 0) is 19.1 Å². The maximum absolute atomic E-state index is 11.6. The zero-order valence-corrected chi connectivity index (χ0v) is 12.3. The van der Waals surface area contributed by atoms with Crippen molar-refractivity contribution in [2.24, 2.45) is 0 Å². The molecule has 0 aromatic heterocycles. The molecule has 0 aliphatic carbocycles. The monoisotopic (exact) mass is 304 g/mol. The summed E-state index contributed by atoms with van der Waals surface area (Å²) in [6, 6.07) is 9.38. The summed E-state index contributed by atoms with van der Waals surface area (Å²) < 4.78 is 10.1. The fraction of sp³-hybridized carbons (Fsp3) is 0.294. The van der Waals surface area contributed by atoms with Gasteiger partial charge in [0.15, 0.2) is 0 Å². The van der Waals surface area contributed by atoms with E-state index in [9.17, 15) is 9.59 Å². The van der Waals surface area contributed by atoms with Gasteiger partial charge in [0.2, 0.25) is 0 Å². The minimum Gasteiger partial charge on any atom is -0.462 e. The molecule has 0 saturated carbocycles. The Balaban J connectivity index is 2.34. The minimum atomic E-state index is -0.561. The zero-order chi connectivity index (χ0) is 16.2. The van der Waals surface area contributed by atoms with Crippen molar-refractivity contribution in [3.8, 4) is 0 Å². The Bertz CT molecular complexity index is 507. The molecule has 0 saturated heterocycles.